The Balaban J connectivity index is 1.68. The molecule has 0 spiro atoms. The summed E-state index contributed by atoms with van der Waals surface area (Å²) in [6, 6.07) is 0.353. The molecule has 0 heterocycles. The molecule has 2 N–H and O–H groups in total. The van der Waals surface area contributed by atoms with Gasteiger partial charge in [0.25, 0.3) is 0 Å². The molecule has 0 aromatic carbocycles. The van der Waals surface area contributed by atoms with Gasteiger partial charge in [-0.3, -0.25) is 0 Å². The predicted octanol–water partition coefficient (Wildman–Crippen LogP) is 2.62. The second kappa shape index (κ2) is 4.24. The zero-order valence-corrected chi connectivity index (χ0v) is 11.5. The van der Waals surface area contributed by atoms with E-state index in [-0.39, 0.29) is 0 Å². The molecule has 98 valence electrons. The average Bonchev–Trinajstić information content (AvgIpc) is 2.23. The lowest BCUT2D eigenvalue weighted by Crippen LogP contribution is -2.59. The van der Waals surface area contributed by atoms with Crippen molar-refractivity contribution in [2.24, 2.45) is 23.5 Å². The Morgan fingerprint density at radius 2 is 1.59 bits per heavy atom. The third kappa shape index (κ3) is 2.15. The van der Waals surface area contributed by atoms with Crippen LogP contribution in [0, 0.1) is 17.8 Å². The van der Waals surface area contributed by atoms with Crippen molar-refractivity contribution in [1.82, 2.24) is 4.90 Å². The summed E-state index contributed by atoms with van der Waals surface area (Å²) in [5.74, 6) is 3.16. The van der Waals surface area contributed by atoms with Crippen molar-refractivity contribution >= 4 is 0 Å². The Hall–Kier alpha value is -0.0800. The number of nitrogens with two attached hydrogens (primary N) is 1. The molecule has 0 aromatic heterocycles. The maximum Gasteiger partial charge on any atom is 0.0214 e. The van der Waals surface area contributed by atoms with Crippen LogP contribution in [0.3, 0.4) is 0 Å². The van der Waals surface area contributed by atoms with E-state index in [1.54, 1.807) is 19.3 Å². The van der Waals surface area contributed by atoms with E-state index in [0.29, 0.717) is 11.6 Å². The van der Waals surface area contributed by atoms with Crippen molar-refractivity contribution in [2.45, 2.75) is 63.5 Å². The molecule has 4 aliphatic carbocycles. The van der Waals surface area contributed by atoms with E-state index in [9.17, 15) is 0 Å². The smallest absolute Gasteiger partial charge is 0.0214 e. The molecule has 2 nitrogen and oxygen atoms in total. The van der Waals surface area contributed by atoms with Gasteiger partial charge in [-0.25, -0.2) is 0 Å². The summed E-state index contributed by atoms with van der Waals surface area (Å²) in [5.41, 5.74) is 6.48. The van der Waals surface area contributed by atoms with E-state index in [1.165, 1.54) is 25.8 Å². The van der Waals surface area contributed by atoms with Gasteiger partial charge >= 0.3 is 0 Å². The molecule has 4 rings (SSSR count). The van der Waals surface area contributed by atoms with Crippen molar-refractivity contribution in [3.8, 4) is 0 Å². The first-order chi connectivity index (χ1) is 8.07. The van der Waals surface area contributed by atoms with Crippen LogP contribution < -0.4 is 5.73 Å². The summed E-state index contributed by atoms with van der Waals surface area (Å²) >= 11 is 0. The molecule has 0 saturated heterocycles. The lowest BCUT2D eigenvalue weighted by Gasteiger charge is -2.60. The second-order valence-electron chi connectivity index (χ2n) is 7.33. The van der Waals surface area contributed by atoms with E-state index >= 15 is 0 Å². The quantitative estimate of drug-likeness (QED) is 0.813. The zero-order chi connectivity index (χ0) is 12.0. The Morgan fingerprint density at radius 1 is 1.12 bits per heavy atom. The molecule has 0 aliphatic heterocycles. The number of rotatable bonds is 4. The van der Waals surface area contributed by atoms with Crippen molar-refractivity contribution in [2.75, 3.05) is 13.6 Å². The molecular formula is C15H28N2. The third-order valence-electron chi connectivity index (χ3n) is 5.74. The summed E-state index contributed by atoms with van der Waals surface area (Å²) in [6.07, 6.45) is 10.2. The van der Waals surface area contributed by atoms with Gasteiger partial charge in [0, 0.05) is 11.6 Å². The molecule has 4 aliphatic rings. The van der Waals surface area contributed by atoms with Crippen LogP contribution in [0.25, 0.3) is 0 Å². The van der Waals surface area contributed by atoms with Gasteiger partial charge in [0.05, 0.1) is 0 Å². The molecule has 4 fully saturated rings. The molecule has 17 heavy (non-hydrogen) atoms. The highest BCUT2D eigenvalue weighted by Crippen LogP contribution is 2.57. The van der Waals surface area contributed by atoms with Gasteiger partial charge in [-0.15, -0.1) is 0 Å². The van der Waals surface area contributed by atoms with Crippen molar-refractivity contribution in [3.05, 3.63) is 0 Å². The molecule has 0 aromatic rings. The second-order valence-corrected chi connectivity index (χ2v) is 7.33. The van der Waals surface area contributed by atoms with E-state index in [0.717, 1.165) is 24.2 Å². The molecule has 4 bridgehead atoms. The first-order valence-electron chi connectivity index (χ1n) is 7.54. The van der Waals surface area contributed by atoms with Crippen LogP contribution in [-0.4, -0.2) is 30.1 Å². The Morgan fingerprint density at radius 3 is 2.00 bits per heavy atom. The number of hydrogen-bond acceptors (Lipinski definition) is 2. The highest BCUT2D eigenvalue weighted by Gasteiger charge is 2.52. The predicted molar refractivity (Wildman–Crippen MR) is 71.8 cm³/mol. The fourth-order valence-electron chi connectivity index (χ4n) is 5.17. The highest BCUT2D eigenvalue weighted by atomic mass is 15.2. The van der Waals surface area contributed by atoms with E-state index < -0.39 is 0 Å². The van der Waals surface area contributed by atoms with Crippen molar-refractivity contribution in [3.63, 3.8) is 0 Å². The normalized spacial score (nSPS) is 45.5. The van der Waals surface area contributed by atoms with E-state index in [2.05, 4.69) is 18.9 Å². The van der Waals surface area contributed by atoms with Gasteiger partial charge in [-0.1, -0.05) is 0 Å². The van der Waals surface area contributed by atoms with Gasteiger partial charge in [0.2, 0.25) is 0 Å². The monoisotopic (exact) mass is 236 g/mol. The number of hydrogen-bond donors (Lipinski definition) is 1. The van der Waals surface area contributed by atoms with Crippen LogP contribution in [-0.2, 0) is 0 Å². The first kappa shape index (κ1) is 12.0. The van der Waals surface area contributed by atoms with Gasteiger partial charge in [0.1, 0.15) is 0 Å². The SMILES string of the molecule is CC(N)CCN(C)C12CC3CC(CC(C3)C1)C2. The summed E-state index contributed by atoms with van der Waals surface area (Å²) < 4.78 is 0. The van der Waals surface area contributed by atoms with E-state index in [4.69, 9.17) is 5.73 Å². The molecule has 1 atom stereocenters. The summed E-state index contributed by atoms with van der Waals surface area (Å²) in [6.45, 7) is 3.33. The molecule has 0 amide bonds. The summed E-state index contributed by atoms with van der Waals surface area (Å²) in [4.78, 5) is 2.68. The van der Waals surface area contributed by atoms with Crippen LogP contribution in [0.1, 0.15) is 51.9 Å². The minimum absolute atomic E-state index is 0.353. The molecule has 1 unspecified atom stereocenters. The minimum atomic E-state index is 0.353. The molecule has 2 heteroatoms. The van der Waals surface area contributed by atoms with Crippen LogP contribution >= 0.6 is 0 Å². The van der Waals surface area contributed by atoms with Gasteiger partial charge in [0.15, 0.2) is 0 Å². The Labute approximate surface area is 106 Å². The maximum atomic E-state index is 5.91. The van der Waals surface area contributed by atoms with Gasteiger partial charge in [-0.05, 0) is 83.2 Å². The van der Waals surface area contributed by atoms with Crippen molar-refractivity contribution in [1.29, 1.82) is 0 Å². The molecular weight excluding hydrogens is 208 g/mol. The molecule has 0 radical (unpaired) electrons. The lowest BCUT2D eigenvalue weighted by atomic mass is 9.52. The van der Waals surface area contributed by atoms with Crippen LogP contribution in [0.2, 0.25) is 0 Å². The Bertz CT molecular complexity index is 249. The zero-order valence-electron chi connectivity index (χ0n) is 11.5. The standard InChI is InChI=1S/C15H28N2/c1-11(16)3-4-17(2)15-8-12-5-13(9-15)7-14(6-12)10-15/h11-14H,3-10,16H2,1-2H3. The van der Waals surface area contributed by atoms with Crippen LogP contribution in [0.15, 0.2) is 0 Å². The topological polar surface area (TPSA) is 29.3 Å². The number of nitrogens with zero attached hydrogens (tertiary/aromatic N) is 1. The largest absolute Gasteiger partial charge is 0.328 e. The fraction of sp³-hybridized carbons (Fsp3) is 1.00. The Kier molecular flexibility index (Phi) is 2.99. The fourth-order valence-corrected chi connectivity index (χ4v) is 5.17. The van der Waals surface area contributed by atoms with E-state index in [1.807, 2.05) is 0 Å². The minimum Gasteiger partial charge on any atom is -0.328 e. The highest BCUT2D eigenvalue weighted by molar-refractivity contribution is 5.06. The van der Waals surface area contributed by atoms with Crippen LogP contribution in [0.4, 0.5) is 0 Å². The lowest BCUT2D eigenvalue weighted by molar-refractivity contribution is -0.0794. The first-order valence-corrected chi connectivity index (χ1v) is 7.54. The average molecular weight is 236 g/mol. The third-order valence-corrected chi connectivity index (χ3v) is 5.74. The maximum absolute atomic E-state index is 5.91. The molecule has 4 saturated carbocycles. The van der Waals surface area contributed by atoms with Crippen LogP contribution in [0.5, 0.6) is 0 Å². The van der Waals surface area contributed by atoms with Gasteiger partial charge < -0.3 is 10.6 Å². The summed E-state index contributed by atoms with van der Waals surface area (Å²) in [7, 11) is 2.36. The summed E-state index contributed by atoms with van der Waals surface area (Å²) in [5, 5.41) is 0. The van der Waals surface area contributed by atoms with Gasteiger partial charge in [-0.2, -0.15) is 0 Å². The van der Waals surface area contributed by atoms with Crippen molar-refractivity contribution < 1.29 is 0 Å².